The Morgan fingerprint density at radius 3 is 2.58 bits per heavy atom. The Morgan fingerprint density at radius 2 is 1.89 bits per heavy atom. The molecule has 106 valence electrons. The molecule has 1 aliphatic carbocycles. The summed E-state index contributed by atoms with van der Waals surface area (Å²) in [4.78, 5) is 0.342. The Labute approximate surface area is 115 Å². The molecule has 0 amide bonds. The molecular formula is C14H22N2O2S. The van der Waals surface area contributed by atoms with Gasteiger partial charge in [0.2, 0.25) is 10.0 Å². The van der Waals surface area contributed by atoms with Crippen LogP contribution in [0, 0.1) is 5.92 Å². The number of anilines is 1. The van der Waals surface area contributed by atoms with Gasteiger partial charge in [-0.1, -0.05) is 31.9 Å². The van der Waals surface area contributed by atoms with Crippen molar-refractivity contribution >= 4 is 15.7 Å². The van der Waals surface area contributed by atoms with Gasteiger partial charge in [-0.2, -0.15) is 0 Å². The maximum absolute atomic E-state index is 12.1. The Bertz CT molecular complexity index is 508. The van der Waals surface area contributed by atoms with E-state index in [-0.39, 0.29) is 0 Å². The summed E-state index contributed by atoms with van der Waals surface area (Å²) in [5, 5.41) is 3.30. The van der Waals surface area contributed by atoms with Gasteiger partial charge < -0.3 is 5.32 Å². The average molecular weight is 282 g/mol. The quantitative estimate of drug-likeness (QED) is 0.843. The van der Waals surface area contributed by atoms with Crippen LogP contribution in [0.3, 0.4) is 0 Å². The molecule has 5 heteroatoms. The highest BCUT2D eigenvalue weighted by atomic mass is 32.2. The lowest BCUT2D eigenvalue weighted by Crippen LogP contribution is -2.24. The molecule has 0 bridgehead atoms. The normalized spacial score (nSPS) is 16.7. The molecule has 1 fully saturated rings. The molecule has 1 aromatic carbocycles. The van der Waals surface area contributed by atoms with Crippen molar-refractivity contribution in [2.75, 3.05) is 18.4 Å². The number of rotatable bonds is 6. The number of nitrogens with one attached hydrogen (secondary N) is 2. The number of sulfonamides is 1. The fourth-order valence-electron chi connectivity index (χ4n) is 2.58. The lowest BCUT2D eigenvalue weighted by atomic mass is 10.1. The molecule has 0 saturated heterocycles. The Hall–Kier alpha value is -1.07. The number of hydrogen-bond acceptors (Lipinski definition) is 3. The van der Waals surface area contributed by atoms with Gasteiger partial charge in [0.1, 0.15) is 4.90 Å². The highest BCUT2D eigenvalue weighted by Crippen LogP contribution is 2.26. The van der Waals surface area contributed by atoms with Gasteiger partial charge in [0.05, 0.1) is 5.69 Å². The zero-order valence-electron chi connectivity index (χ0n) is 11.4. The first-order valence-corrected chi connectivity index (χ1v) is 8.44. The van der Waals surface area contributed by atoms with Gasteiger partial charge in [0.15, 0.2) is 0 Å². The molecule has 1 aliphatic rings. The van der Waals surface area contributed by atoms with E-state index in [0.717, 1.165) is 6.54 Å². The predicted molar refractivity (Wildman–Crippen MR) is 77.8 cm³/mol. The summed E-state index contributed by atoms with van der Waals surface area (Å²) in [6.07, 6.45) is 5.08. The fraction of sp³-hybridized carbons (Fsp3) is 0.571. The second-order valence-electron chi connectivity index (χ2n) is 5.03. The minimum Gasteiger partial charge on any atom is -0.384 e. The minimum atomic E-state index is -3.40. The molecular weight excluding hydrogens is 260 g/mol. The molecule has 0 heterocycles. The summed E-state index contributed by atoms with van der Waals surface area (Å²) in [5.41, 5.74) is 0.704. The van der Waals surface area contributed by atoms with Gasteiger partial charge in [0, 0.05) is 13.1 Å². The van der Waals surface area contributed by atoms with Crippen molar-refractivity contribution in [1.82, 2.24) is 4.72 Å². The van der Waals surface area contributed by atoms with Crippen LogP contribution < -0.4 is 10.0 Å². The molecule has 0 aliphatic heterocycles. The van der Waals surface area contributed by atoms with Gasteiger partial charge in [0.25, 0.3) is 0 Å². The predicted octanol–water partition coefficient (Wildman–Crippen LogP) is 2.59. The molecule has 19 heavy (non-hydrogen) atoms. The standard InChI is InChI=1S/C14H22N2O2S/c1-2-16-19(17,18)14-10-6-5-9-13(14)15-11-12-7-3-4-8-12/h5-6,9-10,12,15-16H,2-4,7-8,11H2,1H3. The molecule has 4 nitrogen and oxygen atoms in total. The number of hydrogen-bond donors (Lipinski definition) is 2. The maximum Gasteiger partial charge on any atom is 0.242 e. The summed E-state index contributed by atoms with van der Waals surface area (Å²) in [6, 6.07) is 7.10. The van der Waals surface area contributed by atoms with Crippen LogP contribution in [0.25, 0.3) is 0 Å². The molecule has 0 atom stereocenters. The van der Waals surface area contributed by atoms with E-state index in [1.165, 1.54) is 25.7 Å². The van der Waals surface area contributed by atoms with Gasteiger partial charge in [-0.3, -0.25) is 0 Å². The number of para-hydroxylation sites is 1. The van der Waals surface area contributed by atoms with E-state index in [9.17, 15) is 8.42 Å². The van der Waals surface area contributed by atoms with Crippen molar-refractivity contribution in [2.24, 2.45) is 5.92 Å². The summed E-state index contributed by atoms with van der Waals surface area (Å²) in [6.45, 7) is 3.05. The lowest BCUT2D eigenvalue weighted by molar-refractivity contribution is 0.576. The zero-order valence-corrected chi connectivity index (χ0v) is 12.2. The largest absolute Gasteiger partial charge is 0.384 e. The third kappa shape index (κ3) is 3.70. The highest BCUT2D eigenvalue weighted by molar-refractivity contribution is 7.89. The van der Waals surface area contributed by atoms with Crippen LogP contribution in [0.5, 0.6) is 0 Å². The second kappa shape index (κ2) is 6.39. The van der Waals surface area contributed by atoms with E-state index in [4.69, 9.17) is 0 Å². The van der Waals surface area contributed by atoms with Crippen molar-refractivity contribution in [3.63, 3.8) is 0 Å². The first-order chi connectivity index (χ1) is 9.13. The fourth-order valence-corrected chi connectivity index (χ4v) is 3.81. The van der Waals surface area contributed by atoms with Crippen LogP contribution in [0.1, 0.15) is 32.6 Å². The summed E-state index contributed by atoms with van der Waals surface area (Å²) in [7, 11) is -3.40. The third-order valence-corrected chi connectivity index (χ3v) is 5.17. The Kier molecular flexibility index (Phi) is 4.82. The summed E-state index contributed by atoms with van der Waals surface area (Å²) < 4.78 is 26.7. The lowest BCUT2D eigenvalue weighted by Gasteiger charge is -2.15. The van der Waals surface area contributed by atoms with Crippen molar-refractivity contribution in [3.05, 3.63) is 24.3 Å². The van der Waals surface area contributed by atoms with Gasteiger partial charge in [-0.25, -0.2) is 13.1 Å². The van der Waals surface area contributed by atoms with E-state index in [1.54, 1.807) is 19.1 Å². The van der Waals surface area contributed by atoms with Crippen molar-refractivity contribution < 1.29 is 8.42 Å². The SMILES string of the molecule is CCNS(=O)(=O)c1ccccc1NCC1CCCC1. The van der Waals surface area contributed by atoms with Crippen LogP contribution >= 0.6 is 0 Å². The zero-order chi connectivity index (χ0) is 13.7. The topological polar surface area (TPSA) is 58.2 Å². The van der Waals surface area contributed by atoms with Crippen molar-refractivity contribution in [1.29, 1.82) is 0 Å². The van der Waals surface area contributed by atoms with E-state index < -0.39 is 10.0 Å². The van der Waals surface area contributed by atoms with Crippen LogP contribution in [0.15, 0.2) is 29.2 Å². The highest BCUT2D eigenvalue weighted by Gasteiger charge is 2.19. The Balaban J connectivity index is 2.11. The van der Waals surface area contributed by atoms with Gasteiger partial charge in [-0.05, 0) is 30.9 Å². The number of benzene rings is 1. The van der Waals surface area contributed by atoms with Crippen LogP contribution in [0.2, 0.25) is 0 Å². The second-order valence-corrected chi connectivity index (χ2v) is 6.76. The first kappa shape index (κ1) is 14.3. The van der Waals surface area contributed by atoms with Crippen molar-refractivity contribution in [3.8, 4) is 0 Å². The van der Waals surface area contributed by atoms with Crippen molar-refractivity contribution in [2.45, 2.75) is 37.5 Å². The maximum atomic E-state index is 12.1. The van der Waals surface area contributed by atoms with E-state index in [1.807, 2.05) is 12.1 Å². The van der Waals surface area contributed by atoms with Gasteiger partial charge >= 0.3 is 0 Å². The summed E-state index contributed by atoms with van der Waals surface area (Å²) >= 11 is 0. The molecule has 0 radical (unpaired) electrons. The average Bonchev–Trinajstić information content (AvgIpc) is 2.90. The molecule has 1 saturated carbocycles. The summed E-state index contributed by atoms with van der Waals surface area (Å²) in [5.74, 6) is 0.676. The monoisotopic (exact) mass is 282 g/mol. The van der Waals surface area contributed by atoms with Gasteiger partial charge in [-0.15, -0.1) is 0 Å². The first-order valence-electron chi connectivity index (χ1n) is 6.96. The molecule has 2 N–H and O–H groups in total. The molecule has 0 spiro atoms. The molecule has 0 unspecified atom stereocenters. The Morgan fingerprint density at radius 1 is 1.21 bits per heavy atom. The van der Waals surface area contributed by atoms with E-state index in [0.29, 0.717) is 23.0 Å². The van der Waals surface area contributed by atoms with E-state index in [2.05, 4.69) is 10.0 Å². The molecule has 1 aromatic rings. The third-order valence-electron chi connectivity index (χ3n) is 3.57. The molecule has 0 aromatic heterocycles. The van der Waals surface area contributed by atoms with Crippen LogP contribution in [-0.4, -0.2) is 21.5 Å². The van der Waals surface area contributed by atoms with E-state index >= 15 is 0 Å². The van der Waals surface area contributed by atoms with Crippen LogP contribution in [-0.2, 0) is 10.0 Å². The smallest absolute Gasteiger partial charge is 0.242 e. The minimum absolute atomic E-state index is 0.342. The van der Waals surface area contributed by atoms with Crippen LogP contribution in [0.4, 0.5) is 5.69 Å². The molecule has 2 rings (SSSR count).